The molecule has 1 N–H and O–H groups in total. The maximum absolute atomic E-state index is 13.3. The van der Waals surface area contributed by atoms with E-state index in [1.54, 1.807) is 54.7 Å². The maximum atomic E-state index is 13.3. The molecule has 29 heavy (non-hydrogen) atoms. The van der Waals surface area contributed by atoms with Crippen molar-refractivity contribution in [2.75, 3.05) is 10.8 Å². The minimum absolute atomic E-state index is 0.0838. The van der Waals surface area contributed by atoms with E-state index < -0.39 is 22.5 Å². The molecule has 3 aromatic rings. The zero-order valence-corrected chi connectivity index (χ0v) is 17.3. The van der Waals surface area contributed by atoms with Crippen molar-refractivity contribution >= 4 is 33.2 Å². The minimum atomic E-state index is -4.00. The lowest BCUT2D eigenvalue weighted by atomic mass is 10.2. The number of carbonyl (C=O) groups excluding carboxylic acids is 1. The molecule has 0 aliphatic carbocycles. The number of nitrogens with one attached hydrogen (secondary N) is 1. The molecule has 0 fully saturated rings. The van der Waals surface area contributed by atoms with Gasteiger partial charge in [-0.25, -0.2) is 8.42 Å². The molecule has 2 aromatic carbocycles. The Bertz CT molecular complexity index is 1090. The molecule has 0 saturated carbocycles. The van der Waals surface area contributed by atoms with Gasteiger partial charge in [-0.05, 0) is 43.3 Å². The standard InChI is InChI=1S/C21H20ClN3O3S/c1-16-9-11-18(12-10-16)29(27,28)25(20-8-3-2-7-19(20)22)15-21(26)24-14-17-6-4-5-13-23-17/h2-13H,14-15H2,1H3,(H,24,26). The Labute approximate surface area is 175 Å². The van der Waals surface area contributed by atoms with Crippen molar-refractivity contribution in [1.29, 1.82) is 0 Å². The molecule has 0 spiro atoms. The fourth-order valence-electron chi connectivity index (χ4n) is 2.67. The number of anilines is 1. The van der Waals surface area contributed by atoms with Gasteiger partial charge in [0.1, 0.15) is 6.54 Å². The van der Waals surface area contributed by atoms with Gasteiger partial charge in [0.05, 0.1) is 27.8 Å². The summed E-state index contributed by atoms with van der Waals surface area (Å²) in [5.41, 5.74) is 1.84. The highest BCUT2D eigenvalue weighted by molar-refractivity contribution is 7.92. The van der Waals surface area contributed by atoms with Gasteiger partial charge in [0.2, 0.25) is 5.91 Å². The SMILES string of the molecule is Cc1ccc(S(=O)(=O)N(CC(=O)NCc2ccccn2)c2ccccc2Cl)cc1. The van der Waals surface area contributed by atoms with E-state index in [4.69, 9.17) is 11.6 Å². The molecule has 0 radical (unpaired) electrons. The van der Waals surface area contributed by atoms with Crippen molar-refractivity contribution < 1.29 is 13.2 Å². The molecule has 0 unspecified atom stereocenters. The monoisotopic (exact) mass is 429 g/mol. The number of hydrogen-bond acceptors (Lipinski definition) is 4. The normalized spacial score (nSPS) is 11.1. The number of aryl methyl sites for hydroxylation is 1. The molecule has 3 rings (SSSR count). The van der Waals surface area contributed by atoms with Crippen LogP contribution >= 0.6 is 11.6 Å². The van der Waals surface area contributed by atoms with E-state index in [-0.39, 0.29) is 22.2 Å². The summed E-state index contributed by atoms with van der Waals surface area (Å²) in [5.74, 6) is -0.466. The van der Waals surface area contributed by atoms with E-state index in [9.17, 15) is 13.2 Å². The summed E-state index contributed by atoms with van der Waals surface area (Å²) in [4.78, 5) is 16.8. The number of nitrogens with zero attached hydrogens (tertiary/aromatic N) is 2. The summed E-state index contributed by atoms with van der Waals surface area (Å²) in [7, 11) is -4.00. The second-order valence-electron chi connectivity index (χ2n) is 6.37. The fraction of sp³-hybridized carbons (Fsp3) is 0.143. The highest BCUT2D eigenvalue weighted by Crippen LogP contribution is 2.30. The number of rotatable bonds is 7. The van der Waals surface area contributed by atoms with E-state index in [0.717, 1.165) is 9.87 Å². The van der Waals surface area contributed by atoms with E-state index >= 15 is 0 Å². The van der Waals surface area contributed by atoms with Crippen LogP contribution in [0.25, 0.3) is 0 Å². The largest absolute Gasteiger partial charge is 0.349 e. The number of para-hydroxylation sites is 1. The summed E-state index contributed by atoms with van der Waals surface area (Å²) in [5, 5.41) is 2.94. The smallest absolute Gasteiger partial charge is 0.264 e. The third-order valence-corrected chi connectivity index (χ3v) is 6.30. The van der Waals surface area contributed by atoms with Crippen LogP contribution in [0, 0.1) is 6.92 Å². The molecule has 1 heterocycles. The van der Waals surface area contributed by atoms with Crippen molar-refractivity contribution in [2.45, 2.75) is 18.4 Å². The summed E-state index contributed by atoms with van der Waals surface area (Å²) in [6.45, 7) is 1.65. The molecule has 0 aliphatic rings. The lowest BCUT2D eigenvalue weighted by Crippen LogP contribution is -2.40. The first kappa shape index (κ1) is 20.8. The Kier molecular flexibility index (Phi) is 6.51. The number of pyridine rings is 1. The van der Waals surface area contributed by atoms with Gasteiger partial charge in [-0.15, -0.1) is 0 Å². The molecule has 8 heteroatoms. The molecule has 1 amide bonds. The summed E-state index contributed by atoms with van der Waals surface area (Å²) >= 11 is 6.25. The molecule has 6 nitrogen and oxygen atoms in total. The Hall–Kier alpha value is -2.90. The first-order valence-electron chi connectivity index (χ1n) is 8.88. The van der Waals surface area contributed by atoms with Crippen LogP contribution in [0.4, 0.5) is 5.69 Å². The number of amides is 1. The quantitative estimate of drug-likeness (QED) is 0.622. The number of halogens is 1. The van der Waals surface area contributed by atoms with E-state index in [1.807, 2.05) is 13.0 Å². The van der Waals surface area contributed by atoms with E-state index in [2.05, 4.69) is 10.3 Å². The van der Waals surface area contributed by atoms with E-state index in [0.29, 0.717) is 5.69 Å². The highest BCUT2D eigenvalue weighted by Gasteiger charge is 2.28. The molecular weight excluding hydrogens is 410 g/mol. The second kappa shape index (κ2) is 9.07. The molecule has 0 atom stereocenters. The molecule has 1 aromatic heterocycles. The fourth-order valence-corrected chi connectivity index (χ4v) is 4.40. The van der Waals surface area contributed by atoms with Gasteiger partial charge in [0.15, 0.2) is 0 Å². The van der Waals surface area contributed by atoms with Gasteiger partial charge in [-0.2, -0.15) is 0 Å². The van der Waals surface area contributed by atoms with Crippen molar-refractivity contribution in [2.24, 2.45) is 0 Å². The summed E-state index contributed by atoms with van der Waals surface area (Å²) in [6.07, 6.45) is 1.62. The van der Waals surface area contributed by atoms with Crippen molar-refractivity contribution in [3.05, 3.63) is 89.2 Å². The molecule has 0 aliphatic heterocycles. The minimum Gasteiger partial charge on any atom is -0.349 e. The van der Waals surface area contributed by atoms with Gasteiger partial charge in [-0.1, -0.05) is 47.5 Å². The number of carbonyl (C=O) groups is 1. The van der Waals surface area contributed by atoms with Crippen LogP contribution in [-0.2, 0) is 21.4 Å². The first-order chi connectivity index (χ1) is 13.9. The Morgan fingerprint density at radius 2 is 1.72 bits per heavy atom. The third-order valence-electron chi connectivity index (χ3n) is 4.21. The van der Waals surface area contributed by atoms with Crippen LogP contribution in [0.2, 0.25) is 5.02 Å². The molecule has 0 saturated heterocycles. The summed E-state index contributed by atoms with van der Waals surface area (Å²) in [6, 6.07) is 18.3. The van der Waals surface area contributed by atoms with Gasteiger partial charge in [-0.3, -0.25) is 14.1 Å². The number of sulfonamides is 1. The predicted molar refractivity (Wildman–Crippen MR) is 113 cm³/mol. The van der Waals surface area contributed by atoms with Crippen molar-refractivity contribution in [3.63, 3.8) is 0 Å². The Morgan fingerprint density at radius 1 is 1.03 bits per heavy atom. The van der Waals surface area contributed by atoms with Gasteiger partial charge >= 0.3 is 0 Å². The van der Waals surface area contributed by atoms with Gasteiger partial charge in [0, 0.05) is 6.20 Å². The zero-order valence-electron chi connectivity index (χ0n) is 15.7. The molecule has 0 bridgehead atoms. The van der Waals surface area contributed by atoms with Crippen molar-refractivity contribution in [1.82, 2.24) is 10.3 Å². The van der Waals surface area contributed by atoms with Crippen LogP contribution in [-0.4, -0.2) is 25.9 Å². The molecular formula is C21H20ClN3O3S. The lowest BCUT2D eigenvalue weighted by molar-refractivity contribution is -0.119. The zero-order chi connectivity index (χ0) is 20.9. The lowest BCUT2D eigenvalue weighted by Gasteiger charge is -2.25. The number of aromatic nitrogens is 1. The average Bonchev–Trinajstić information content (AvgIpc) is 2.72. The van der Waals surface area contributed by atoms with Gasteiger partial charge in [0.25, 0.3) is 10.0 Å². The molecule has 150 valence electrons. The predicted octanol–water partition coefficient (Wildman–Crippen LogP) is 3.56. The number of benzene rings is 2. The Morgan fingerprint density at radius 3 is 2.38 bits per heavy atom. The topological polar surface area (TPSA) is 79.4 Å². The van der Waals surface area contributed by atoms with Crippen LogP contribution < -0.4 is 9.62 Å². The van der Waals surface area contributed by atoms with Gasteiger partial charge < -0.3 is 5.32 Å². The van der Waals surface area contributed by atoms with Crippen LogP contribution in [0.15, 0.2) is 77.8 Å². The van der Waals surface area contributed by atoms with E-state index in [1.165, 1.54) is 12.1 Å². The highest BCUT2D eigenvalue weighted by atomic mass is 35.5. The Balaban J connectivity index is 1.88. The summed E-state index contributed by atoms with van der Waals surface area (Å²) < 4.78 is 27.6. The van der Waals surface area contributed by atoms with Crippen molar-refractivity contribution in [3.8, 4) is 0 Å². The first-order valence-corrected chi connectivity index (χ1v) is 10.7. The average molecular weight is 430 g/mol. The third kappa shape index (κ3) is 5.13. The van der Waals surface area contributed by atoms with Crippen LogP contribution in [0.1, 0.15) is 11.3 Å². The number of hydrogen-bond donors (Lipinski definition) is 1. The van der Waals surface area contributed by atoms with Crippen LogP contribution in [0.3, 0.4) is 0 Å². The van der Waals surface area contributed by atoms with Crippen LogP contribution in [0.5, 0.6) is 0 Å². The second-order valence-corrected chi connectivity index (χ2v) is 8.64. The maximum Gasteiger partial charge on any atom is 0.264 e.